The summed E-state index contributed by atoms with van der Waals surface area (Å²) in [5.74, 6) is 0. The van der Waals surface area contributed by atoms with E-state index in [-0.39, 0.29) is 12.0 Å². The fraction of sp³-hybridized carbons (Fsp3) is 0.857. The summed E-state index contributed by atoms with van der Waals surface area (Å²) in [7, 11) is 0. The highest BCUT2D eigenvalue weighted by Crippen LogP contribution is 2.18. The van der Waals surface area contributed by atoms with Crippen LogP contribution in [-0.2, 0) is 0 Å². The van der Waals surface area contributed by atoms with Crippen LogP contribution in [-0.4, -0.2) is 22.9 Å². The zero-order valence-electron chi connectivity index (χ0n) is 6.26. The maximum Gasteiger partial charge on any atom is 0.0807 e. The Hall–Kier alpha value is -0.0800. The van der Waals surface area contributed by atoms with Crippen molar-refractivity contribution in [3.63, 3.8) is 0 Å². The van der Waals surface area contributed by atoms with Gasteiger partial charge in [0.05, 0.1) is 12.7 Å². The van der Waals surface area contributed by atoms with Crippen molar-refractivity contribution in [3.05, 3.63) is 6.42 Å². The molecule has 0 bridgehead atoms. The third-order valence-corrected chi connectivity index (χ3v) is 0.879. The number of rotatable bonds is 2. The zero-order chi connectivity index (χ0) is 7.49. The van der Waals surface area contributed by atoms with Gasteiger partial charge in [0.25, 0.3) is 0 Å². The fourth-order valence-corrected chi connectivity index (χ4v) is 0.630. The molecule has 1 unspecified atom stereocenters. The molecule has 0 spiro atoms. The highest BCUT2D eigenvalue weighted by atomic mass is 16.3. The molecule has 0 fully saturated rings. The Morgan fingerprint density at radius 2 is 1.89 bits per heavy atom. The van der Waals surface area contributed by atoms with Crippen molar-refractivity contribution in [1.29, 1.82) is 0 Å². The molecule has 2 nitrogen and oxygen atoms in total. The lowest BCUT2D eigenvalue weighted by molar-refractivity contribution is 0.103. The van der Waals surface area contributed by atoms with E-state index in [0.29, 0.717) is 0 Å². The molecule has 55 valence electrons. The summed E-state index contributed by atoms with van der Waals surface area (Å²) < 4.78 is 0. The molecule has 0 rings (SSSR count). The van der Waals surface area contributed by atoms with Crippen LogP contribution < -0.4 is 0 Å². The molecule has 0 amide bonds. The maximum absolute atomic E-state index is 8.89. The Bertz CT molecular complexity index is 73.5. The van der Waals surface area contributed by atoms with E-state index >= 15 is 0 Å². The van der Waals surface area contributed by atoms with Crippen LogP contribution in [0.4, 0.5) is 0 Å². The van der Waals surface area contributed by atoms with Crippen LogP contribution in [0.15, 0.2) is 0 Å². The van der Waals surface area contributed by atoms with E-state index in [9.17, 15) is 0 Å². The monoisotopic (exact) mass is 131 g/mol. The van der Waals surface area contributed by atoms with Crippen LogP contribution in [0.2, 0.25) is 0 Å². The Labute approximate surface area is 56.5 Å². The van der Waals surface area contributed by atoms with Gasteiger partial charge in [-0.25, -0.2) is 0 Å². The van der Waals surface area contributed by atoms with E-state index in [1.165, 1.54) is 0 Å². The number of aliphatic hydroxyl groups is 2. The van der Waals surface area contributed by atoms with Crippen LogP contribution in [0.1, 0.15) is 20.8 Å². The average Bonchev–Trinajstić information content (AvgIpc) is 1.62. The van der Waals surface area contributed by atoms with Gasteiger partial charge in [-0.15, -0.1) is 0 Å². The lowest BCUT2D eigenvalue weighted by atomic mass is 9.89. The number of hydrogen-bond acceptors (Lipinski definition) is 2. The third kappa shape index (κ3) is 5.80. The van der Waals surface area contributed by atoms with Crippen LogP contribution in [0, 0.1) is 11.8 Å². The Balaban J connectivity index is 3.47. The summed E-state index contributed by atoms with van der Waals surface area (Å²) in [4.78, 5) is 0. The van der Waals surface area contributed by atoms with Gasteiger partial charge in [-0.05, 0) is 11.8 Å². The first kappa shape index (κ1) is 8.92. The predicted octanol–water partition coefficient (Wildman–Crippen LogP) is 0.590. The van der Waals surface area contributed by atoms with Gasteiger partial charge in [-0.2, -0.15) is 0 Å². The molecule has 0 aromatic rings. The van der Waals surface area contributed by atoms with Gasteiger partial charge in [0.15, 0.2) is 0 Å². The predicted molar refractivity (Wildman–Crippen MR) is 36.8 cm³/mol. The normalized spacial score (nSPS) is 15.7. The van der Waals surface area contributed by atoms with E-state index in [1.807, 2.05) is 20.8 Å². The molecule has 0 aliphatic heterocycles. The minimum absolute atomic E-state index is 0.0118. The molecular formula is C7H15O2. The van der Waals surface area contributed by atoms with Gasteiger partial charge in [0.1, 0.15) is 0 Å². The van der Waals surface area contributed by atoms with Gasteiger partial charge >= 0.3 is 0 Å². The molecule has 0 heterocycles. The van der Waals surface area contributed by atoms with Crippen molar-refractivity contribution in [2.75, 3.05) is 6.61 Å². The van der Waals surface area contributed by atoms with E-state index in [2.05, 4.69) is 0 Å². The van der Waals surface area contributed by atoms with Crippen LogP contribution in [0.25, 0.3) is 0 Å². The topological polar surface area (TPSA) is 40.5 Å². The van der Waals surface area contributed by atoms with Crippen molar-refractivity contribution in [1.82, 2.24) is 0 Å². The smallest absolute Gasteiger partial charge is 0.0807 e. The van der Waals surface area contributed by atoms with Crippen LogP contribution in [0.5, 0.6) is 0 Å². The fourth-order valence-electron chi connectivity index (χ4n) is 0.630. The van der Waals surface area contributed by atoms with Gasteiger partial charge in [-0.3, -0.25) is 0 Å². The highest BCUT2D eigenvalue weighted by Gasteiger charge is 2.15. The second-order valence-corrected chi connectivity index (χ2v) is 3.28. The van der Waals surface area contributed by atoms with Crippen molar-refractivity contribution in [2.24, 2.45) is 5.41 Å². The van der Waals surface area contributed by atoms with Crippen molar-refractivity contribution < 1.29 is 10.2 Å². The van der Waals surface area contributed by atoms with Crippen molar-refractivity contribution in [2.45, 2.75) is 26.9 Å². The molecule has 0 saturated heterocycles. The summed E-state index contributed by atoms with van der Waals surface area (Å²) >= 11 is 0. The molecule has 1 radical (unpaired) electrons. The van der Waals surface area contributed by atoms with Crippen LogP contribution >= 0.6 is 0 Å². The number of aliphatic hydroxyl groups excluding tert-OH is 2. The van der Waals surface area contributed by atoms with Crippen molar-refractivity contribution in [3.8, 4) is 0 Å². The molecule has 1 atom stereocenters. The summed E-state index contributed by atoms with van der Waals surface area (Å²) in [6.45, 7) is 5.75. The zero-order valence-corrected chi connectivity index (χ0v) is 6.26. The van der Waals surface area contributed by atoms with Crippen molar-refractivity contribution >= 4 is 0 Å². The first-order valence-electron chi connectivity index (χ1n) is 3.10. The second kappa shape index (κ2) is 3.18. The van der Waals surface area contributed by atoms with Gasteiger partial charge in [0.2, 0.25) is 0 Å². The van der Waals surface area contributed by atoms with E-state index in [0.717, 1.165) is 0 Å². The molecule has 9 heavy (non-hydrogen) atoms. The molecule has 0 saturated carbocycles. The Morgan fingerprint density at radius 3 is 2.00 bits per heavy atom. The summed E-state index contributed by atoms with van der Waals surface area (Å²) in [6.07, 6.45) is 1.04. The minimum atomic E-state index is -0.676. The largest absolute Gasteiger partial charge is 0.394 e. The highest BCUT2D eigenvalue weighted by molar-refractivity contribution is 4.86. The first-order valence-corrected chi connectivity index (χ1v) is 3.10. The van der Waals surface area contributed by atoms with Gasteiger partial charge in [0, 0.05) is 0 Å². The third-order valence-electron chi connectivity index (χ3n) is 0.879. The second-order valence-electron chi connectivity index (χ2n) is 3.28. The Kier molecular flexibility index (Phi) is 3.15. The molecule has 2 heteroatoms. The molecule has 2 N–H and O–H groups in total. The summed E-state index contributed by atoms with van der Waals surface area (Å²) in [5, 5.41) is 17.3. The average molecular weight is 131 g/mol. The molecule has 0 aliphatic carbocycles. The van der Waals surface area contributed by atoms with Crippen LogP contribution in [0.3, 0.4) is 0 Å². The van der Waals surface area contributed by atoms with Gasteiger partial charge < -0.3 is 10.2 Å². The molecule has 0 aromatic carbocycles. The molecule has 0 aromatic heterocycles. The Morgan fingerprint density at radius 1 is 1.44 bits per heavy atom. The number of hydrogen-bond donors (Lipinski definition) is 2. The SMILES string of the molecule is CC(C)(C)[CH]C(O)CO. The first-order chi connectivity index (χ1) is 3.95. The maximum atomic E-state index is 8.89. The lowest BCUT2D eigenvalue weighted by Crippen LogP contribution is -2.21. The standard InChI is InChI=1S/C7H15O2/c1-7(2,3)4-6(9)5-8/h4,6,8-9H,5H2,1-3H3. The van der Waals surface area contributed by atoms with E-state index < -0.39 is 6.10 Å². The van der Waals surface area contributed by atoms with E-state index in [1.54, 1.807) is 6.42 Å². The van der Waals surface area contributed by atoms with E-state index in [4.69, 9.17) is 10.2 Å². The minimum Gasteiger partial charge on any atom is -0.394 e. The quantitative estimate of drug-likeness (QED) is 0.576. The summed E-state index contributed by atoms with van der Waals surface area (Å²) in [5.41, 5.74) is -0.0118. The lowest BCUT2D eigenvalue weighted by Gasteiger charge is -2.19. The molecule has 0 aliphatic rings. The summed E-state index contributed by atoms with van der Waals surface area (Å²) in [6, 6.07) is 0. The molecular weight excluding hydrogens is 116 g/mol. The van der Waals surface area contributed by atoms with Gasteiger partial charge in [-0.1, -0.05) is 20.8 Å².